The van der Waals surface area contributed by atoms with Crippen LogP contribution in [0, 0.1) is 0 Å². The highest BCUT2D eigenvalue weighted by molar-refractivity contribution is 7.92. The molecular formula is C36H38O8S. The number of methoxy groups -OCH3 is 6. The Morgan fingerprint density at radius 1 is 0.467 bits per heavy atom. The van der Waals surface area contributed by atoms with Crippen LogP contribution in [0.1, 0.15) is 32.8 Å². The van der Waals surface area contributed by atoms with Crippen molar-refractivity contribution in [2.75, 3.05) is 42.7 Å². The van der Waals surface area contributed by atoms with Crippen molar-refractivity contribution >= 4 is 22.0 Å². The van der Waals surface area contributed by atoms with Crippen LogP contribution in [0.25, 0.3) is 12.2 Å². The van der Waals surface area contributed by atoms with Crippen molar-refractivity contribution in [2.45, 2.75) is 10.5 Å². The molecule has 45 heavy (non-hydrogen) atoms. The van der Waals surface area contributed by atoms with E-state index >= 15 is 0 Å². The van der Waals surface area contributed by atoms with Crippen LogP contribution < -0.4 is 28.4 Å². The second-order valence-electron chi connectivity index (χ2n) is 9.85. The summed E-state index contributed by atoms with van der Waals surface area (Å²) in [5.41, 5.74) is 2.35. The Balaban J connectivity index is 1.93. The molecule has 4 aromatic rings. The van der Waals surface area contributed by atoms with Gasteiger partial charge in [0.05, 0.1) is 53.8 Å². The van der Waals surface area contributed by atoms with Crippen LogP contribution in [0.5, 0.6) is 34.5 Å². The van der Waals surface area contributed by atoms with Crippen LogP contribution in [-0.2, 0) is 9.84 Å². The predicted molar refractivity (Wildman–Crippen MR) is 178 cm³/mol. The maximum Gasteiger partial charge on any atom is 0.171 e. The predicted octanol–water partition coefficient (Wildman–Crippen LogP) is 7.36. The fraction of sp³-hybridized carbons (Fsp3) is 0.222. The molecule has 0 aliphatic carbocycles. The molecule has 0 saturated heterocycles. The third-order valence-corrected chi connectivity index (χ3v) is 9.68. The summed E-state index contributed by atoms with van der Waals surface area (Å²) in [5.74, 6) is 3.41. The van der Waals surface area contributed by atoms with Crippen LogP contribution in [-0.4, -0.2) is 51.1 Å². The highest BCUT2D eigenvalue weighted by Crippen LogP contribution is 2.40. The number of ether oxygens (including phenoxy) is 6. The van der Waals surface area contributed by atoms with Crippen molar-refractivity contribution < 1.29 is 36.8 Å². The fourth-order valence-corrected chi connectivity index (χ4v) is 7.01. The molecule has 0 spiro atoms. The Labute approximate surface area is 265 Å². The summed E-state index contributed by atoms with van der Waals surface area (Å²) in [4.78, 5) is 0. The SMILES string of the molecule is COc1ccc(C(C=Cc2c(OC)cccc2OC)S(=O)(=O)C(C=Cc2c(OC)cccc2OC)c2ccc(OC)cc2)cc1. The van der Waals surface area contributed by atoms with Crippen molar-refractivity contribution in [3.63, 3.8) is 0 Å². The lowest BCUT2D eigenvalue weighted by Crippen LogP contribution is -2.19. The van der Waals surface area contributed by atoms with Gasteiger partial charge in [-0.3, -0.25) is 0 Å². The van der Waals surface area contributed by atoms with Gasteiger partial charge in [-0.25, -0.2) is 8.42 Å². The van der Waals surface area contributed by atoms with Crippen LogP contribution >= 0.6 is 0 Å². The van der Waals surface area contributed by atoms with E-state index in [9.17, 15) is 8.42 Å². The molecule has 0 radical (unpaired) electrons. The lowest BCUT2D eigenvalue weighted by atomic mass is 10.1. The van der Waals surface area contributed by atoms with Crippen LogP contribution in [0.3, 0.4) is 0 Å². The largest absolute Gasteiger partial charge is 0.497 e. The molecule has 0 aromatic heterocycles. The molecule has 0 aliphatic heterocycles. The molecule has 0 saturated carbocycles. The molecule has 4 aromatic carbocycles. The first-order valence-electron chi connectivity index (χ1n) is 14.1. The van der Waals surface area contributed by atoms with Crippen molar-refractivity contribution in [1.82, 2.24) is 0 Å². The molecular weight excluding hydrogens is 592 g/mol. The third kappa shape index (κ3) is 7.44. The molecule has 0 amide bonds. The average Bonchev–Trinajstić information content (AvgIpc) is 3.08. The van der Waals surface area contributed by atoms with Crippen molar-refractivity contribution in [2.24, 2.45) is 0 Å². The van der Waals surface area contributed by atoms with Gasteiger partial charge in [0.15, 0.2) is 9.84 Å². The quantitative estimate of drug-likeness (QED) is 0.143. The van der Waals surface area contributed by atoms with E-state index in [0.717, 1.165) is 0 Å². The van der Waals surface area contributed by atoms with E-state index in [1.165, 1.54) is 0 Å². The lowest BCUT2D eigenvalue weighted by molar-refractivity contribution is 0.392. The van der Waals surface area contributed by atoms with Gasteiger partial charge in [-0.1, -0.05) is 48.6 Å². The molecule has 9 heteroatoms. The number of benzene rings is 4. The van der Waals surface area contributed by atoms with Gasteiger partial charge in [-0.15, -0.1) is 0 Å². The smallest absolute Gasteiger partial charge is 0.171 e. The number of hydrogen-bond acceptors (Lipinski definition) is 8. The summed E-state index contributed by atoms with van der Waals surface area (Å²) in [5, 5.41) is -2.15. The van der Waals surface area contributed by atoms with E-state index in [-0.39, 0.29) is 0 Å². The second-order valence-corrected chi connectivity index (χ2v) is 12.0. The topological polar surface area (TPSA) is 89.5 Å². The zero-order chi connectivity index (χ0) is 32.4. The van der Waals surface area contributed by atoms with Gasteiger partial charge in [-0.05, 0) is 71.8 Å². The minimum absolute atomic E-state index is 0.548. The summed E-state index contributed by atoms with van der Waals surface area (Å²) in [6.45, 7) is 0. The first kappa shape index (κ1) is 33.0. The molecule has 0 bridgehead atoms. The number of rotatable bonds is 14. The van der Waals surface area contributed by atoms with E-state index in [2.05, 4.69) is 0 Å². The molecule has 0 fully saturated rings. The fourth-order valence-electron chi connectivity index (χ4n) is 5.02. The van der Waals surface area contributed by atoms with Crippen LogP contribution in [0.2, 0.25) is 0 Å². The molecule has 2 unspecified atom stereocenters. The molecule has 2 atom stereocenters. The average molecular weight is 631 g/mol. The Bertz CT molecular complexity index is 1560. The summed E-state index contributed by atoms with van der Waals surface area (Å²) in [7, 11) is 5.30. The zero-order valence-electron chi connectivity index (χ0n) is 26.2. The molecule has 236 valence electrons. The Kier molecular flexibility index (Phi) is 11.2. The molecule has 8 nitrogen and oxygen atoms in total. The van der Waals surface area contributed by atoms with Gasteiger partial charge < -0.3 is 28.4 Å². The first-order valence-corrected chi connectivity index (χ1v) is 15.7. The Hall–Kier alpha value is -4.89. The summed E-state index contributed by atoms with van der Waals surface area (Å²) in [6, 6.07) is 24.8. The highest BCUT2D eigenvalue weighted by atomic mass is 32.2. The van der Waals surface area contributed by atoms with Crippen LogP contribution in [0.15, 0.2) is 97.1 Å². The normalized spacial score (nSPS) is 12.9. The lowest BCUT2D eigenvalue weighted by Gasteiger charge is -2.22. The van der Waals surface area contributed by atoms with Crippen molar-refractivity contribution in [1.29, 1.82) is 0 Å². The number of sulfone groups is 1. The highest BCUT2D eigenvalue weighted by Gasteiger charge is 2.34. The molecule has 4 rings (SSSR count). The minimum atomic E-state index is -4.05. The molecule has 0 aliphatic rings. The van der Waals surface area contributed by atoms with E-state index in [0.29, 0.717) is 56.8 Å². The van der Waals surface area contributed by atoms with E-state index in [4.69, 9.17) is 28.4 Å². The monoisotopic (exact) mass is 630 g/mol. The van der Waals surface area contributed by atoms with E-state index < -0.39 is 20.3 Å². The minimum Gasteiger partial charge on any atom is -0.497 e. The van der Waals surface area contributed by atoms with Crippen molar-refractivity contribution in [3.05, 3.63) is 119 Å². The summed E-state index contributed by atoms with van der Waals surface area (Å²) < 4.78 is 62.8. The van der Waals surface area contributed by atoms with Gasteiger partial charge in [0.1, 0.15) is 45.0 Å². The number of hydrogen-bond donors (Lipinski definition) is 0. The molecule has 0 heterocycles. The zero-order valence-corrected chi connectivity index (χ0v) is 27.0. The van der Waals surface area contributed by atoms with Crippen LogP contribution in [0.4, 0.5) is 0 Å². The standard InChI is InChI=1S/C36H38O8S/c1-39-27-17-13-25(14-18-27)35(23-21-29-31(41-3)9-7-10-32(29)42-4)45(37,38)36(26-15-19-28(40-2)20-16-26)24-22-30-33(43-5)11-8-12-34(30)44-6/h7-24,35-36H,1-6H3. The Morgan fingerprint density at radius 2 is 0.778 bits per heavy atom. The van der Waals surface area contributed by atoms with Gasteiger partial charge in [0.25, 0.3) is 0 Å². The van der Waals surface area contributed by atoms with E-state index in [1.807, 2.05) is 12.1 Å². The van der Waals surface area contributed by atoms with Gasteiger partial charge in [0, 0.05) is 0 Å². The maximum absolute atomic E-state index is 14.9. The summed E-state index contributed by atoms with van der Waals surface area (Å²) in [6.07, 6.45) is 6.77. The molecule has 0 N–H and O–H groups in total. The summed E-state index contributed by atoms with van der Waals surface area (Å²) >= 11 is 0. The van der Waals surface area contributed by atoms with Gasteiger partial charge in [-0.2, -0.15) is 0 Å². The third-order valence-electron chi connectivity index (χ3n) is 7.40. The maximum atomic E-state index is 14.9. The van der Waals surface area contributed by atoms with Crippen molar-refractivity contribution in [3.8, 4) is 34.5 Å². The van der Waals surface area contributed by atoms with E-state index in [1.54, 1.807) is 140 Å². The second kappa shape index (κ2) is 15.2. The Morgan fingerprint density at radius 3 is 1.04 bits per heavy atom. The first-order chi connectivity index (χ1) is 21.8. The van der Waals surface area contributed by atoms with Gasteiger partial charge >= 0.3 is 0 Å². The van der Waals surface area contributed by atoms with Gasteiger partial charge in [0.2, 0.25) is 0 Å².